The Morgan fingerprint density at radius 2 is 1.62 bits per heavy atom. The minimum atomic E-state index is 0.00548. The van der Waals surface area contributed by atoms with Crippen molar-refractivity contribution in [2.45, 2.75) is 0 Å². The molecular weight excluding hydrogens is 247 g/mol. The molecule has 0 amide bonds. The number of phenols is 2. The quantitative estimate of drug-likeness (QED) is 0.806. The maximum absolute atomic E-state index is 9.77. The van der Waals surface area contributed by atoms with Crippen LogP contribution in [0, 0.1) is 0 Å². The summed E-state index contributed by atoms with van der Waals surface area (Å²) in [4.78, 5) is 0. The molecule has 2 N–H and O–H groups in total. The third-order valence-corrected chi connectivity index (χ3v) is 2.85. The number of benzene rings is 2. The molecule has 4 heteroatoms. The van der Waals surface area contributed by atoms with Crippen LogP contribution in [0.25, 0.3) is 11.1 Å². The van der Waals surface area contributed by atoms with Crippen LogP contribution in [0.2, 0.25) is 10.0 Å². The first-order valence-corrected chi connectivity index (χ1v) is 5.31. The summed E-state index contributed by atoms with van der Waals surface area (Å²) in [5.41, 5.74) is 1.28. The summed E-state index contributed by atoms with van der Waals surface area (Å²) in [6.45, 7) is 0. The molecule has 0 unspecified atom stereocenters. The number of aromatic hydroxyl groups is 2. The average molecular weight is 255 g/mol. The van der Waals surface area contributed by atoms with Crippen molar-refractivity contribution in [1.82, 2.24) is 0 Å². The molecule has 16 heavy (non-hydrogen) atoms. The van der Waals surface area contributed by atoms with E-state index in [0.29, 0.717) is 11.1 Å². The first kappa shape index (κ1) is 11.1. The molecule has 0 saturated carbocycles. The lowest BCUT2D eigenvalue weighted by Gasteiger charge is -2.07. The fourth-order valence-corrected chi connectivity index (χ4v) is 1.78. The molecule has 2 aromatic carbocycles. The zero-order chi connectivity index (χ0) is 11.7. The van der Waals surface area contributed by atoms with Gasteiger partial charge in [0.25, 0.3) is 0 Å². The lowest BCUT2D eigenvalue weighted by atomic mass is 10.0. The summed E-state index contributed by atoms with van der Waals surface area (Å²) in [6.07, 6.45) is 0. The van der Waals surface area contributed by atoms with Crippen LogP contribution in [0.1, 0.15) is 0 Å². The van der Waals surface area contributed by atoms with Crippen molar-refractivity contribution in [2.24, 2.45) is 0 Å². The van der Waals surface area contributed by atoms with Gasteiger partial charge in [-0.15, -0.1) is 0 Å². The Labute approximate surface area is 103 Å². The van der Waals surface area contributed by atoms with E-state index in [4.69, 9.17) is 23.2 Å². The molecule has 0 aliphatic carbocycles. The van der Waals surface area contributed by atoms with Crippen molar-refractivity contribution in [3.05, 3.63) is 46.4 Å². The lowest BCUT2D eigenvalue weighted by molar-refractivity contribution is 0.474. The molecule has 0 aliphatic rings. The molecule has 0 atom stereocenters. The second kappa shape index (κ2) is 4.24. The van der Waals surface area contributed by atoms with Crippen molar-refractivity contribution in [2.75, 3.05) is 0 Å². The Morgan fingerprint density at radius 3 is 2.31 bits per heavy atom. The zero-order valence-electron chi connectivity index (χ0n) is 8.11. The number of para-hydroxylation sites is 1. The van der Waals surface area contributed by atoms with Crippen LogP contribution < -0.4 is 0 Å². The van der Waals surface area contributed by atoms with E-state index in [-0.39, 0.29) is 21.5 Å². The molecule has 0 fully saturated rings. The first-order valence-electron chi connectivity index (χ1n) is 4.56. The highest BCUT2D eigenvalue weighted by atomic mass is 35.5. The van der Waals surface area contributed by atoms with Gasteiger partial charge in [0.15, 0.2) is 0 Å². The Kier molecular flexibility index (Phi) is 2.95. The van der Waals surface area contributed by atoms with E-state index in [0.717, 1.165) is 0 Å². The highest BCUT2D eigenvalue weighted by Gasteiger charge is 2.09. The molecule has 0 bridgehead atoms. The fraction of sp³-hybridized carbons (Fsp3) is 0. The van der Waals surface area contributed by atoms with Gasteiger partial charge in [-0.2, -0.15) is 0 Å². The van der Waals surface area contributed by atoms with Gasteiger partial charge in [-0.25, -0.2) is 0 Å². The van der Waals surface area contributed by atoms with Crippen LogP contribution in [-0.2, 0) is 0 Å². The van der Waals surface area contributed by atoms with Gasteiger partial charge in [0.1, 0.15) is 11.5 Å². The van der Waals surface area contributed by atoms with Crippen molar-refractivity contribution in [3.8, 4) is 22.6 Å². The second-order valence-corrected chi connectivity index (χ2v) is 4.12. The van der Waals surface area contributed by atoms with Crippen LogP contribution in [0.15, 0.2) is 36.4 Å². The van der Waals surface area contributed by atoms with Gasteiger partial charge in [-0.1, -0.05) is 41.4 Å². The van der Waals surface area contributed by atoms with E-state index < -0.39 is 0 Å². The van der Waals surface area contributed by atoms with Crippen molar-refractivity contribution in [3.63, 3.8) is 0 Å². The van der Waals surface area contributed by atoms with Crippen molar-refractivity contribution >= 4 is 23.2 Å². The van der Waals surface area contributed by atoms with Crippen LogP contribution in [-0.4, -0.2) is 10.2 Å². The molecule has 0 aliphatic heterocycles. The Morgan fingerprint density at radius 1 is 0.875 bits per heavy atom. The summed E-state index contributed by atoms with van der Waals surface area (Å²) in [5.74, 6) is 0.0119. The molecule has 0 spiro atoms. The largest absolute Gasteiger partial charge is 0.506 e. The molecule has 82 valence electrons. The van der Waals surface area contributed by atoms with Crippen molar-refractivity contribution < 1.29 is 10.2 Å². The van der Waals surface area contributed by atoms with E-state index >= 15 is 0 Å². The van der Waals surface area contributed by atoms with Gasteiger partial charge in [0, 0.05) is 5.56 Å². The summed E-state index contributed by atoms with van der Waals surface area (Å²) >= 11 is 11.6. The maximum atomic E-state index is 9.77. The summed E-state index contributed by atoms with van der Waals surface area (Å²) in [6, 6.07) is 9.76. The normalized spacial score (nSPS) is 10.4. The van der Waals surface area contributed by atoms with E-state index in [1.54, 1.807) is 30.3 Å². The number of rotatable bonds is 1. The standard InChI is InChI=1S/C12H8Cl2O2/c13-9-3-1-2-8(12(9)16)7-4-5-11(15)10(14)6-7/h1-6,15-16H. The Hall–Kier alpha value is -1.38. The molecule has 0 heterocycles. The van der Waals surface area contributed by atoms with Crippen molar-refractivity contribution in [1.29, 1.82) is 0 Å². The number of hydrogen-bond acceptors (Lipinski definition) is 2. The molecule has 2 nitrogen and oxygen atoms in total. The van der Waals surface area contributed by atoms with Gasteiger partial charge in [0.2, 0.25) is 0 Å². The maximum Gasteiger partial charge on any atom is 0.141 e. The molecule has 0 aromatic heterocycles. The van der Waals surface area contributed by atoms with Crippen LogP contribution in [0.5, 0.6) is 11.5 Å². The molecule has 0 saturated heterocycles. The average Bonchev–Trinajstić information content (AvgIpc) is 2.26. The zero-order valence-corrected chi connectivity index (χ0v) is 9.63. The molecular formula is C12H8Cl2O2. The van der Waals surface area contributed by atoms with E-state index in [9.17, 15) is 10.2 Å². The minimum Gasteiger partial charge on any atom is -0.506 e. The van der Waals surface area contributed by atoms with Gasteiger partial charge in [-0.05, 0) is 23.8 Å². The fourth-order valence-electron chi connectivity index (χ4n) is 1.42. The smallest absolute Gasteiger partial charge is 0.141 e. The predicted octanol–water partition coefficient (Wildman–Crippen LogP) is 4.07. The summed E-state index contributed by atoms with van der Waals surface area (Å²) < 4.78 is 0. The van der Waals surface area contributed by atoms with Crippen LogP contribution >= 0.6 is 23.2 Å². The highest BCUT2D eigenvalue weighted by molar-refractivity contribution is 6.33. The van der Waals surface area contributed by atoms with Crippen LogP contribution in [0.4, 0.5) is 0 Å². The van der Waals surface area contributed by atoms with Gasteiger partial charge >= 0.3 is 0 Å². The van der Waals surface area contributed by atoms with Crippen LogP contribution in [0.3, 0.4) is 0 Å². The SMILES string of the molecule is Oc1ccc(-c2cccc(Cl)c2O)cc1Cl. The van der Waals surface area contributed by atoms with Gasteiger partial charge in [0.05, 0.1) is 10.0 Å². The first-order chi connectivity index (χ1) is 7.59. The molecule has 2 rings (SSSR count). The topological polar surface area (TPSA) is 40.5 Å². The Balaban J connectivity index is 2.59. The number of phenolic OH excluding ortho intramolecular Hbond substituents is 2. The number of halogens is 2. The van der Waals surface area contributed by atoms with Gasteiger partial charge in [-0.3, -0.25) is 0 Å². The molecule has 2 aromatic rings. The van der Waals surface area contributed by atoms with Gasteiger partial charge < -0.3 is 10.2 Å². The lowest BCUT2D eigenvalue weighted by Crippen LogP contribution is -1.80. The predicted molar refractivity (Wildman–Crippen MR) is 65.2 cm³/mol. The Bertz CT molecular complexity index is 539. The summed E-state index contributed by atoms with van der Waals surface area (Å²) in [7, 11) is 0. The van der Waals surface area contributed by atoms with E-state index in [1.165, 1.54) is 6.07 Å². The van der Waals surface area contributed by atoms with E-state index in [1.807, 2.05) is 0 Å². The van der Waals surface area contributed by atoms with E-state index in [2.05, 4.69) is 0 Å². The third-order valence-electron chi connectivity index (χ3n) is 2.25. The highest BCUT2D eigenvalue weighted by Crippen LogP contribution is 2.37. The minimum absolute atomic E-state index is 0.00548. The summed E-state index contributed by atoms with van der Waals surface area (Å²) in [5, 5.41) is 19.6. The third kappa shape index (κ3) is 1.94. The molecule has 0 radical (unpaired) electrons. The second-order valence-electron chi connectivity index (χ2n) is 3.30. The number of hydrogen-bond donors (Lipinski definition) is 2. The monoisotopic (exact) mass is 254 g/mol.